The molecular formula is C21H32N4O6. The number of ether oxygens (including phenoxy) is 1. The van der Waals surface area contributed by atoms with Gasteiger partial charge in [-0.05, 0) is 39.5 Å². The van der Waals surface area contributed by atoms with E-state index in [0.717, 1.165) is 6.42 Å². The number of carbonyl (C=O) groups excluding carboxylic acids is 5. The van der Waals surface area contributed by atoms with Gasteiger partial charge in [0.1, 0.15) is 30.3 Å². The standard InChI is InChI=1S/C21H32N4O6/c1-12-18(27)22-13(2)19(28)24-14(7-4-3-5-9-16(26)17-11-31-17)21(30)25-10-6-8-15(25)20(29)23-12/h12-15,17H,3-11H2,1-2H3,(H,22,27)(H,23,29)(H,24,28)/t12-,13+,14+,15-,17-/m0/s1. The number of rotatable bonds is 7. The molecule has 31 heavy (non-hydrogen) atoms. The molecule has 0 saturated carbocycles. The van der Waals surface area contributed by atoms with E-state index >= 15 is 0 Å². The molecule has 4 amide bonds. The summed E-state index contributed by atoms with van der Waals surface area (Å²) in [6.07, 6.45) is 3.92. The van der Waals surface area contributed by atoms with Crippen molar-refractivity contribution in [3.63, 3.8) is 0 Å². The van der Waals surface area contributed by atoms with Crippen molar-refractivity contribution in [1.82, 2.24) is 20.9 Å². The summed E-state index contributed by atoms with van der Waals surface area (Å²) in [5.41, 5.74) is 0. The molecule has 0 radical (unpaired) electrons. The lowest BCUT2D eigenvalue weighted by atomic mass is 10.0. The van der Waals surface area contributed by atoms with Crippen molar-refractivity contribution in [2.75, 3.05) is 13.2 Å². The van der Waals surface area contributed by atoms with Gasteiger partial charge in [0.05, 0.1) is 6.61 Å². The Morgan fingerprint density at radius 2 is 1.61 bits per heavy atom. The number of hydrogen-bond acceptors (Lipinski definition) is 6. The Kier molecular flexibility index (Phi) is 7.64. The fourth-order valence-electron chi connectivity index (χ4n) is 4.06. The second-order valence-corrected chi connectivity index (χ2v) is 8.60. The summed E-state index contributed by atoms with van der Waals surface area (Å²) in [6.45, 7) is 4.04. The van der Waals surface area contributed by atoms with Crippen LogP contribution in [0.15, 0.2) is 0 Å². The minimum Gasteiger partial charge on any atom is -0.365 e. The Morgan fingerprint density at radius 1 is 0.968 bits per heavy atom. The number of Topliss-reactive ketones (excluding diaryl/α,β-unsaturated/α-hetero) is 1. The predicted molar refractivity (Wildman–Crippen MR) is 110 cm³/mol. The second kappa shape index (κ2) is 10.2. The molecule has 5 atom stereocenters. The number of ketones is 1. The average Bonchev–Trinajstić information content (AvgIpc) is 3.47. The van der Waals surface area contributed by atoms with E-state index in [-0.39, 0.29) is 23.7 Å². The van der Waals surface area contributed by atoms with E-state index in [9.17, 15) is 24.0 Å². The van der Waals surface area contributed by atoms with Gasteiger partial charge in [-0.3, -0.25) is 24.0 Å². The molecule has 3 aliphatic heterocycles. The van der Waals surface area contributed by atoms with E-state index in [1.165, 1.54) is 4.90 Å². The van der Waals surface area contributed by atoms with Crippen LogP contribution in [0.3, 0.4) is 0 Å². The summed E-state index contributed by atoms with van der Waals surface area (Å²) in [4.78, 5) is 64.0. The molecule has 0 aliphatic carbocycles. The number of hydrogen-bond donors (Lipinski definition) is 3. The first-order chi connectivity index (χ1) is 14.8. The molecule has 10 heteroatoms. The fraction of sp³-hybridized carbons (Fsp3) is 0.762. The van der Waals surface area contributed by atoms with Crippen LogP contribution in [-0.4, -0.2) is 77.7 Å². The fourth-order valence-corrected chi connectivity index (χ4v) is 4.06. The zero-order valence-electron chi connectivity index (χ0n) is 18.1. The summed E-state index contributed by atoms with van der Waals surface area (Å²) in [5.74, 6) is -1.41. The van der Waals surface area contributed by atoms with Crippen molar-refractivity contribution >= 4 is 29.4 Å². The topological polar surface area (TPSA) is 137 Å². The van der Waals surface area contributed by atoms with Crippen LogP contribution < -0.4 is 16.0 Å². The highest BCUT2D eigenvalue weighted by molar-refractivity contribution is 5.97. The minimum atomic E-state index is -0.841. The van der Waals surface area contributed by atoms with Gasteiger partial charge in [-0.15, -0.1) is 0 Å². The number of nitrogens with zero attached hydrogens (tertiary/aromatic N) is 1. The molecule has 3 fully saturated rings. The van der Waals surface area contributed by atoms with Crippen LogP contribution in [0, 0.1) is 0 Å². The van der Waals surface area contributed by atoms with Crippen molar-refractivity contribution in [1.29, 1.82) is 0 Å². The van der Waals surface area contributed by atoms with Crippen molar-refractivity contribution < 1.29 is 28.7 Å². The number of amides is 4. The SMILES string of the molecule is C[C@@H]1NC(=O)[C@@H]2CCCN2C(=O)[C@@H](CCCCCC(=O)[C@@H]2CO2)NC(=O)[C@@H](C)NC1=O. The van der Waals surface area contributed by atoms with Gasteiger partial charge in [0.25, 0.3) is 0 Å². The summed E-state index contributed by atoms with van der Waals surface area (Å²) < 4.78 is 4.98. The van der Waals surface area contributed by atoms with Crippen LogP contribution in [-0.2, 0) is 28.7 Å². The molecule has 172 valence electrons. The summed E-state index contributed by atoms with van der Waals surface area (Å²) >= 11 is 0. The van der Waals surface area contributed by atoms with Crippen LogP contribution in [0.1, 0.15) is 58.8 Å². The first-order valence-corrected chi connectivity index (χ1v) is 11.1. The van der Waals surface area contributed by atoms with E-state index in [4.69, 9.17) is 4.74 Å². The maximum absolute atomic E-state index is 13.2. The molecule has 3 N–H and O–H groups in total. The van der Waals surface area contributed by atoms with E-state index in [1.807, 2.05) is 0 Å². The smallest absolute Gasteiger partial charge is 0.245 e. The minimum absolute atomic E-state index is 0.111. The highest BCUT2D eigenvalue weighted by Gasteiger charge is 2.39. The summed E-state index contributed by atoms with van der Waals surface area (Å²) in [5, 5.41) is 8.00. The molecule has 0 aromatic carbocycles. The molecule has 3 rings (SSSR count). The van der Waals surface area contributed by atoms with Gasteiger partial charge in [-0.25, -0.2) is 0 Å². The highest BCUT2D eigenvalue weighted by Crippen LogP contribution is 2.21. The molecule has 3 saturated heterocycles. The van der Waals surface area contributed by atoms with E-state index in [1.54, 1.807) is 13.8 Å². The van der Waals surface area contributed by atoms with Gasteiger partial charge < -0.3 is 25.6 Å². The van der Waals surface area contributed by atoms with Crippen LogP contribution in [0.5, 0.6) is 0 Å². The van der Waals surface area contributed by atoms with Gasteiger partial charge in [-0.1, -0.05) is 12.8 Å². The summed E-state index contributed by atoms with van der Waals surface area (Å²) in [6, 6.07) is -3.07. The third-order valence-corrected chi connectivity index (χ3v) is 6.07. The van der Waals surface area contributed by atoms with E-state index < -0.39 is 36.0 Å². The first-order valence-electron chi connectivity index (χ1n) is 11.1. The Labute approximate surface area is 181 Å². The van der Waals surface area contributed by atoms with Gasteiger partial charge in [0.15, 0.2) is 5.78 Å². The zero-order chi connectivity index (χ0) is 22.5. The molecule has 0 aromatic rings. The van der Waals surface area contributed by atoms with Crippen molar-refractivity contribution in [2.24, 2.45) is 0 Å². The Morgan fingerprint density at radius 3 is 2.29 bits per heavy atom. The van der Waals surface area contributed by atoms with Gasteiger partial charge in [0, 0.05) is 13.0 Å². The largest absolute Gasteiger partial charge is 0.365 e. The Hall–Kier alpha value is -2.49. The monoisotopic (exact) mass is 436 g/mol. The average molecular weight is 437 g/mol. The second-order valence-electron chi connectivity index (χ2n) is 8.60. The molecule has 0 unspecified atom stereocenters. The molecule has 0 bridgehead atoms. The maximum atomic E-state index is 13.2. The quantitative estimate of drug-likeness (QED) is 0.360. The van der Waals surface area contributed by atoms with Crippen LogP contribution in [0.2, 0.25) is 0 Å². The van der Waals surface area contributed by atoms with Gasteiger partial charge >= 0.3 is 0 Å². The third-order valence-electron chi connectivity index (χ3n) is 6.07. The third kappa shape index (κ3) is 6.03. The number of nitrogens with one attached hydrogen (secondary N) is 3. The number of unbranched alkanes of at least 4 members (excludes halogenated alkanes) is 2. The molecule has 3 heterocycles. The maximum Gasteiger partial charge on any atom is 0.245 e. The predicted octanol–water partition coefficient (Wildman–Crippen LogP) is -0.596. The van der Waals surface area contributed by atoms with E-state index in [0.29, 0.717) is 51.7 Å². The first kappa shape index (κ1) is 23.2. The van der Waals surface area contributed by atoms with E-state index in [2.05, 4.69) is 16.0 Å². The number of epoxide rings is 1. The van der Waals surface area contributed by atoms with Crippen LogP contribution >= 0.6 is 0 Å². The Bertz CT molecular complexity index is 737. The van der Waals surface area contributed by atoms with Crippen LogP contribution in [0.25, 0.3) is 0 Å². The van der Waals surface area contributed by atoms with Crippen molar-refractivity contribution in [3.05, 3.63) is 0 Å². The van der Waals surface area contributed by atoms with Crippen LogP contribution in [0.4, 0.5) is 0 Å². The lowest BCUT2D eigenvalue weighted by Crippen LogP contribution is -2.60. The molecule has 10 nitrogen and oxygen atoms in total. The lowest BCUT2D eigenvalue weighted by molar-refractivity contribution is -0.143. The molecular weight excluding hydrogens is 404 g/mol. The van der Waals surface area contributed by atoms with Crippen molar-refractivity contribution in [3.8, 4) is 0 Å². The lowest BCUT2D eigenvalue weighted by Gasteiger charge is -2.31. The van der Waals surface area contributed by atoms with Gasteiger partial charge in [-0.2, -0.15) is 0 Å². The highest BCUT2D eigenvalue weighted by atomic mass is 16.6. The molecule has 3 aliphatic rings. The normalized spacial score (nSPS) is 31.7. The number of fused-ring (bicyclic) bond motifs is 1. The number of carbonyl (C=O) groups is 5. The molecule has 0 spiro atoms. The van der Waals surface area contributed by atoms with Crippen molar-refractivity contribution in [2.45, 2.75) is 89.1 Å². The zero-order valence-corrected chi connectivity index (χ0v) is 18.1. The Balaban J connectivity index is 1.65. The molecule has 0 aromatic heterocycles. The van der Waals surface area contributed by atoms with Gasteiger partial charge in [0.2, 0.25) is 23.6 Å². The summed E-state index contributed by atoms with van der Waals surface area (Å²) in [7, 11) is 0.